The number of hydrogen-bond acceptors (Lipinski definition) is 5. The molecule has 3 N–H and O–H groups in total. The zero-order valence-corrected chi connectivity index (χ0v) is 16.1. The number of rotatable bonds is 5. The van der Waals surface area contributed by atoms with Crippen molar-refractivity contribution in [2.45, 2.75) is 36.0 Å². The third kappa shape index (κ3) is 4.44. The normalized spacial score (nSPS) is 17.7. The van der Waals surface area contributed by atoms with Crippen molar-refractivity contribution in [2.75, 3.05) is 12.0 Å². The summed E-state index contributed by atoms with van der Waals surface area (Å²) in [4.78, 5) is 0.123. The molecule has 0 amide bonds. The smallest absolute Gasteiger partial charge is 0.241 e. The van der Waals surface area contributed by atoms with Crippen molar-refractivity contribution < 1.29 is 16.8 Å². The number of anilines is 1. The topological polar surface area (TPSA) is 106 Å². The van der Waals surface area contributed by atoms with E-state index in [4.69, 9.17) is 5.73 Å². The van der Waals surface area contributed by atoms with Gasteiger partial charge in [0.15, 0.2) is 9.84 Å². The summed E-state index contributed by atoms with van der Waals surface area (Å²) in [6.45, 7) is 0. The average molecular weight is 395 g/mol. The molecule has 8 heteroatoms. The summed E-state index contributed by atoms with van der Waals surface area (Å²) in [6, 6.07) is 11.2. The summed E-state index contributed by atoms with van der Waals surface area (Å²) in [5.74, 6) is -0.113. The minimum atomic E-state index is -3.70. The Labute approximate surface area is 154 Å². The van der Waals surface area contributed by atoms with E-state index in [2.05, 4.69) is 4.72 Å². The molecule has 3 rings (SSSR count). The van der Waals surface area contributed by atoms with E-state index >= 15 is 0 Å². The highest BCUT2D eigenvalue weighted by molar-refractivity contribution is 7.90. The van der Waals surface area contributed by atoms with Gasteiger partial charge in [-0.05, 0) is 60.2 Å². The van der Waals surface area contributed by atoms with Crippen molar-refractivity contribution in [1.82, 2.24) is 4.72 Å². The maximum Gasteiger partial charge on any atom is 0.241 e. The van der Waals surface area contributed by atoms with E-state index < -0.39 is 19.9 Å². The van der Waals surface area contributed by atoms with Gasteiger partial charge in [0.05, 0.1) is 10.6 Å². The fourth-order valence-corrected chi connectivity index (χ4v) is 5.33. The molecule has 1 aliphatic carbocycles. The van der Waals surface area contributed by atoms with Crippen LogP contribution in [0.15, 0.2) is 47.4 Å². The Bertz CT molecular complexity index is 1010. The fraction of sp³-hybridized carbons (Fsp3) is 0.333. The highest BCUT2D eigenvalue weighted by Crippen LogP contribution is 2.32. The molecule has 1 aliphatic rings. The van der Waals surface area contributed by atoms with E-state index in [1.807, 2.05) is 12.1 Å². The number of nitrogen functional groups attached to an aromatic ring is 1. The lowest BCUT2D eigenvalue weighted by atomic mass is 9.88. The van der Waals surface area contributed by atoms with Gasteiger partial charge in [-0.3, -0.25) is 0 Å². The van der Waals surface area contributed by atoms with Crippen molar-refractivity contribution in [2.24, 2.45) is 0 Å². The Balaban J connectivity index is 1.82. The lowest BCUT2D eigenvalue weighted by Gasteiger charge is -2.26. The zero-order chi connectivity index (χ0) is 18.9. The zero-order valence-electron chi connectivity index (χ0n) is 14.5. The number of fused-ring (bicyclic) bond motifs is 1. The molecule has 2 aromatic rings. The molecule has 0 aliphatic heterocycles. The summed E-state index contributed by atoms with van der Waals surface area (Å²) >= 11 is 0. The molecule has 0 bridgehead atoms. The van der Waals surface area contributed by atoms with Crippen molar-refractivity contribution in [1.29, 1.82) is 0 Å². The van der Waals surface area contributed by atoms with Crippen LogP contribution in [0, 0.1) is 0 Å². The molecule has 0 saturated carbocycles. The molecule has 140 valence electrons. The largest absolute Gasteiger partial charge is 0.399 e. The van der Waals surface area contributed by atoms with Crippen LogP contribution in [0.4, 0.5) is 5.69 Å². The van der Waals surface area contributed by atoms with E-state index in [0.717, 1.165) is 36.6 Å². The maximum atomic E-state index is 12.7. The maximum absolute atomic E-state index is 12.7. The molecule has 1 atom stereocenters. The number of benzene rings is 2. The first kappa shape index (κ1) is 18.9. The van der Waals surface area contributed by atoms with Gasteiger partial charge in [0.25, 0.3) is 0 Å². The minimum Gasteiger partial charge on any atom is -0.399 e. The molecule has 0 aromatic heterocycles. The highest BCUT2D eigenvalue weighted by atomic mass is 32.2. The molecule has 0 heterocycles. The SMILES string of the molecule is CS(=O)(=O)Cc1ccc(S(=O)(=O)NC2CCCc3cc(N)ccc32)cc1. The van der Waals surface area contributed by atoms with Crippen LogP contribution < -0.4 is 10.5 Å². The second-order valence-corrected chi connectivity index (χ2v) is 10.6. The van der Waals surface area contributed by atoms with Gasteiger partial charge < -0.3 is 5.73 Å². The van der Waals surface area contributed by atoms with Crippen molar-refractivity contribution >= 4 is 25.5 Å². The molecule has 26 heavy (non-hydrogen) atoms. The second kappa shape index (κ2) is 7.02. The summed E-state index contributed by atoms with van der Waals surface area (Å²) in [5, 5.41) is 0. The van der Waals surface area contributed by atoms with E-state index in [0.29, 0.717) is 11.3 Å². The first-order chi connectivity index (χ1) is 12.1. The number of sulfone groups is 1. The number of nitrogens with two attached hydrogens (primary N) is 1. The molecule has 0 saturated heterocycles. The Hall–Kier alpha value is -1.90. The summed E-state index contributed by atoms with van der Waals surface area (Å²) < 4.78 is 50.9. The van der Waals surface area contributed by atoms with E-state index in [9.17, 15) is 16.8 Å². The molecule has 0 spiro atoms. The first-order valence-electron chi connectivity index (χ1n) is 8.31. The predicted molar refractivity (Wildman–Crippen MR) is 102 cm³/mol. The quantitative estimate of drug-likeness (QED) is 0.756. The summed E-state index contributed by atoms with van der Waals surface area (Å²) in [5.41, 5.74) is 9.09. The number of aryl methyl sites for hydroxylation is 1. The van der Waals surface area contributed by atoms with Crippen LogP contribution in [0.2, 0.25) is 0 Å². The van der Waals surface area contributed by atoms with Crippen molar-refractivity contribution in [3.8, 4) is 0 Å². The number of hydrogen-bond donors (Lipinski definition) is 2. The molecule has 6 nitrogen and oxygen atoms in total. The Kier molecular flexibility index (Phi) is 5.09. The highest BCUT2D eigenvalue weighted by Gasteiger charge is 2.26. The third-order valence-electron chi connectivity index (χ3n) is 4.44. The Morgan fingerprint density at radius 3 is 2.42 bits per heavy atom. The third-order valence-corrected chi connectivity index (χ3v) is 6.79. The predicted octanol–water partition coefficient (Wildman–Crippen LogP) is 2.17. The van der Waals surface area contributed by atoms with Crippen LogP contribution >= 0.6 is 0 Å². The lowest BCUT2D eigenvalue weighted by Crippen LogP contribution is -2.31. The molecular weight excluding hydrogens is 372 g/mol. The monoisotopic (exact) mass is 394 g/mol. The van der Waals surface area contributed by atoms with Gasteiger partial charge in [0.2, 0.25) is 10.0 Å². The van der Waals surface area contributed by atoms with Crippen LogP contribution in [0.1, 0.15) is 35.6 Å². The first-order valence-corrected chi connectivity index (χ1v) is 11.9. The van der Waals surface area contributed by atoms with Gasteiger partial charge in [-0.1, -0.05) is 18.2 Å². The van der Waals surface area contributed by atoms with Gasteiger partial charge in [-0.2, -0.15) is 0 Å². The van der Waals surface area contributed by atoms with Gasteiger partial charge >= 0.3 is 0 Å². The van der Waals surface area contributed by atoms with Gasteiger partial charge in [-0.15, -0.1) is 0 Å². The van der Waals surface area contributed by atoms with Crippen LogP contribution in [0.3, 0.4) is 0 Å². The average Bonchev–Trinajstić information content (AvgIpc) is 2.53. The second-order valence-electron chi connectivity index (χ2n) is 6.74. The lowest BCUT2D eigenvalue weighted by molar-refractivity contribution is 0.507. The fourth-order valence-electron chi connectivity index (χ4n) is 3.28. The Morgan fingerprint density at radius 1 is 1.08 bits per heavy atom. The molecule has 2 aromatic carbocycles. The number of nitrogens with one attached hydrogen (secondary N) is 1. The van der Waals surface area contributed by atoms with Crippen LogP contribution in [0.25, 0.3) is 0 Å². The molecule has 0 fully saturated rings. The van der Waals surface area contributed by atoms with E-state index in [-0.39, 0.29) is 16.7 Å². The van der Waals surface area contributed by atoms with Gasteiger partial charge in [-0.25, -0.2) is 21.6 Å². The summed E-state index contributed by atoms with van der Waals surface area (Å²) in [7, 11) is -6.86. The van der Waals surface area contributed by atoms with Gasteiger partial charge in [0, 0.05) is 18.0 Å². The Morgan fingerprint density at radius 2 is 1.77 bits per heavy atom. The van der Waals surface area contributed by atoms with Crippen LogP contribution in [-0.4, -0.2) is 23.1 Å². The van der Waals surface area contributed by atoms with Crippen LogP contribution in [-0.2, 0) is 32.0 Å². The van der Waals surface area contributed by atoms with Gasteiger partial charge in [0.1, 0.15) is 0 Å². The van der Waals surface area contributed by atoms with E-state index in [1.54, 1.807) is 6.07 Å². The molecule has 0 radical (unpaired) electrons. The summed E-state index contributed by atoms with van der Waals surface area (Å²) in [6.07, 6.45) is 3.64. The van der Waals surface area contributed by atoms with E-state index in [1.165, 1.54) is 24.3 Å². The number of sulfonamides is 1. The van der Waals surface area contributed by atoms with Crippen molar-refractivity contribution in [3.05, 3.63) is 59.2 Å². The molecular formula is C18H22N2O4S2. The van der Waals surface area contributed by atoms with Crippen molar-refractivity contribution in [3.63, 3.8) is 0 Å². The standard InChI is InChI=1S/C18H22N2O4S2/c1-25(21,22)12-13-5-8-16(9-6-13)26(23,24)20-18-4-2-3-14-11-15(19)7-10-17(14)18/h5-11,18,20H,2-4,12,19H2,1H3. The van der Waals surface area contributed by atoms with Crippen LogP contribution in [0.5, 0.6) is 0 Å². The molecule has 1 unspecified atom stereocenters. The minimum absolute atomic E-state index is 0.113.